The van der Waals surface area contributed by atoms with Crippen molar-refractivity contribution in [1.82, 2.24) is 15.1 Å². The zero-order valence-electron chi connectivity index (χ0n) is 12.0. The standard InChI is InChI=1S/C10H19NO2.C3H5N3/c1-10(2,3)13-9(12)11-7-5-4-6-8-11;4-3-1-2-5-6-3/h4-8H2,1-3H3;1-2H,(H3,4,5,6). The van der Waals surface area contributed by atoms with Gasteiger partial charge in [-0.1, -0.05) is 0 Å². The molecule has 0 spiro atoms. The topological polar surface area (TPSA) is 84.2 Å². The van der Waals surface area contributed by atoms with Gasteiger partial charge in [0.15, 0.2) is 0 Å². The van der Waals surface area contributed by atoms with E-state index in [2.05, 4.69) is 10.2 Å². The molecular weight excluding hydrogens is 244 g/mol. The van der Waals surface area contributed by atoms with Crippen molar-refractivity contribution in [3.63, 3.8) is 0 Å². The fourth-order valence-electron chi connectivity index (χ4n) is 1.67. The predicted octanol–water partition coefficient (Wildman–Crippen LogP) is 2.40. The van der Waals surface area contributed by atoms with Gasteiger partial charge in [-0.3, -0.25) is 5.10 Å². The Labute approximate surface area is 114 Å². The number of ether oxygens (including phenoxy) is 1. The number of anilines is 1. The minimum atomic E-state index is -0.367. The van der Waals surface area contributed by atoms with E-state index in [1.807, 2.05) is 20.8 Å². The molecule has 2 rings (SSSR count). The van der Waals surface area contributed by atoms with Crippen LogP contribution >= 0.6 is 0 Å². The van der Waals surface area contributed by atoms with Crippen LogP contribution in [0, 0.1) is 0 Å². The predicted molar refractivity (Wildman–Crippen MR) is 74.7 cm³/mol. The number of nitrogen functional groups attached to an aromatic ring is 1. The van der Waals surface area contributed by atoms with Crippen molar-refractivity contribution in [2.45, 2.75) is 45.6 Å². The molecule has 1 aliphatic heterocycles. The van der Waals surface area contributed by atoms with Gasteiger partial charge in [0.2, 0.25) is 0 Å². The molecule has 6 nitrogen and oxygen atoms in total. The lowest BCUT2D eigenvalue weighted by Gasteiger charge is -2.29. The van der Waals surface area contributed by atoms with E-state index in [4.69, 9.17) is 10.5 Å². The molecule has 0 bridgehead atoms. The van der Waals surface area contributed by atoms with Crippen LogP contribution in [-0.2, 0) is 4.74 Å². The van der Waals surface area contributed by atoms with Crippen LogP contribution in [0.5, 0.6) is 0 Å². The Morgan fingerprint density at radius 1 is 1.37 bits per heavy atom. The highest BCUT2D eigenvalue weighted by atomic mass is 16.6. The SMILES string of the molecule is CC(C)(C)OC(=O)N1CCCCC1.Nc1ccn[nH]1. The van der Waals surface area contributed by atoms with Crippen molar-refractivity contribution in [3.05, 3.63) is 12.3 Å². The van der Waals surface area contributed by atoms with Crippen LogP contribution in [-0.4, -0.2) is 39.9 Å². The number of likely N-dealkylation sites (tertiary alicyclic amines) is 1. The number of rotatable bonds is 0. The van der Waals surface area contributed by atoms with Gasteiger partial charge >= 0.3 is 6.09 Å². The van der Waals surface area contributed by atoms with Gasteiger partial charge in [0.05, 0.1) is 6.20 Å². The molecule has 1 aromatic rings. The molecule has 19 heavy (non-hydrogen) atoms. The first-order chi connectivity index (χ1) is 8.88. The van der Waals surface area contributed by atoms with Crippen molar-refractivity contribution in [3.8, 4) is 0 Å². The van der Waals surface area contributed by atoms with Crippen LogP contribution in [0.25, 0.3) is 0 Å². The highest BCUT2D eigenvalue weighted by Crippen LogP contribution is 2.14. The van der Waals surface area contributed by atoms with Gasteiger partial charge < -0.3 is 15.4 Å². The van der Waals surface area contributed by atoms with Crippen LogP contribution < -0.4 is 5.73 Å². The van der Waals surface area contributed by atoms with E-state index >= 15 is 0 Å². The lowest BCUT2D eigenvalue weighted by Crippen LogP contribution is -2.39. The monoisotopic (exact) mass is 268 g/mol. The maximum Gasteiger partial charge on any atom is 0.410 e. The molecule has 0 aromatic carbocycles. The maximum atomic E-state index is 11.5. The lowest BCUT2D eigenvalue weighted by atomic mass is 10.1. The highest BCUT2D eigenvalue weighted by Gasteiger charge is 2.22. The third kappa shape index (κ3) is 6.69. The average Bonchev–Trinajstić information content (AvgIpc) is 2.80. The number of carbonyl (C=O) groups excluding carboxylic acids is 1. The van der Waals surface area contributed by atoms with Crippen molar-refractivity contribution in [1.29, 1.82) is 0 Å². The summed E-state index contributed by atoms with van der Waals surface area (Å²) in [5.41, 5.74) is 4.79. The third-order valence-electron chi connectivity index (χ3n) is 2.53. The van der Waals surface area contributed by atoms with Gasteiger partial charge in [0.25, 0.3) is 0 Å². The van der Waals surface area contributed by atoms with Gasteiger partial charge in [-0.25, -0.2) is 4.79 Å². The van der Waals surface area contributed by atoms with E-state index in [0.29, 0.717) is 5.82 Å². The molecule has 108 valence electrons. The summed E-state index contributed by atoms with van der Waals surface area (Å²) in [6.45, 7) is 7.41. The second-order valence-electron chi connectivity index (χ2n) is 5.54. The molecule has 1 aliphatic rings. The number of H-pyrrole nitrogens is 1. The molecule has 3 N–H and O–H groups in total. The summed E-state index contributed by atoms with van der Waals surface area (Å²) in [5, 5.41) is 6.10. The van der Waals surface area contributed by atoms with Crippen molar-refractivity contribution in [2.75, 3.05) is 18.8 Å². The van der Waals surface area contributed by atoms with Crippen LogP contribution in [0.2, 0.25) is 0 Å². The summed E-state index contributed by atoms with van der Waals surface area (Å²) in [5.74, 6) is 0.606. The minimum Gasteiger partial charge on any atom is -0.444 e. The van der Waals surface area contributed by atoms with Crippen LogP contribution in [0.15, 0.2) is 12.3 Å². The first-order valence-electron chi connectivity index (χ1n) is 6.61. The number of aromatic nitrogens is 2. The number of amides is 1. The van der Waals surface area contributed by atoms with Crippen molar-refractivity contribution >= 4 is 11.9 Å². The lowest BCUT2D eigenvalue weighted by molar-refractivity contribution is 0.0216. The van der Waals surface area contributed by atoms with Gasteiger partial charge in [0.1, 0.15) is 11.4 Å². The van der Waals surface area contributed by atoms with E-state index in [-0.39, 0.29) is 11.7 Å². The highest BCUT2D eigenvalue weighted by molar-refractivity contribution is 5.68. The largest absolute Gasteiger partial charge is 0.444 e. The normalized spacial score (nSPS) is 15.4. The Bertz CT molecular complexity index is 364. The van der Waals surface area contributed by atoms with Crippen LogP contribution in [0.4, 0.5) is 10.6 Å². The maximum absolute atomic E-state index is 11.5. The molecule has 0 radical (unpaired) electrons. The summed E-state index contributed by atoms with van der Waals surface area (Å²) < 4.78 is 5.26. The fourth-order valence-corrected chi connectivity index (χ4v) is 1.67. The minimum absolute atomic E-state index is 0.160. The number of nitrogens with two attached hydrogens (primary N) is 1. The molecule has 6 heteroatoms. The van der Waals surface area contributed by atoms with Crippen LogP contribution in [0.3, 0.4) is 0 Å². The second-order valence-corrected chi connectivity index (χ2v) is 5.54. The summed E-state index contributed by atoms with van der Waals surface area (Å²) in [4.78, 5) is 13.3. The van der Waals surface area contributed by atoms with Gasteiger partial charge in [0, 0.05) is 13.1 Å². The third-order valence-corrected chi connectivity index (χ3v) is 2.53. The van der Waals surface area contributed by atoms with Gasteiger partial charge in [-0.15, -0.1) is 0 Å². The van der Waals surface area contributed by atoms with E-state index < -0.39 is 0 Å². The first kappa shape index (κ1) is 15.3. The van der Waals surface area contributed by atoms with E-state index in [1.165, 1.54) is 6.42 Å². The Morgan fingerprint density at radius 2 is 2.00 bits per heavy atom. The molecule has 0 aliphatic carbocycles. The number of carbonyl (C=O) groups is 1. The zero-order chi connectivity index (χ0) is 14.3. The summed E-state index contributed by atoms with van der Waals surface area (Å²) >= 11 is 0. The number of hydrogen-bond donors (Lipinski definition) is 2. The fraction of sp³-hybridized carbons (Fsp3) is 0.692. The van der Waals surface area contributed by atoms with E-state index in [0.717, 1.165) is 25.9 Å². The smallest absolute Gasteiger partial charge is 0.410 e. The average molecular weight is 268 g/mol. The molecule has 0 atom stereocenters. The molecule has 0 saturated carbocycles. The Hall–Kier alpha value is -1.72. The Morgan fingerprint density at radius 3 is 2.37 bits per heavy atom. The second kappa shape index (κ2) is 7.01. The molecule has 2 heterocycles. The number of nitrogens with one attached hydrogen (secondary N) is 1. The van der Waals surface area contributed by atoms with Crippen LogP contribution in [0.1, 0.15) is 40.0 Å². The van der Waals surface area contributed by atoms with Gasteiger partial charge in [-0.05, 0) is 46.1 Å². The molecule has 1 saturated heterocycles. The summed E-state index contributed by atoms with van der Waals surface area (Å²) in [7, 11) is 0. The van der Waals surface area contributed by atoms with Gasteiger partial charge in [-0.2, -0.15) is 5.10 Å². The number of nitrogens with zero attached hydrogens (tertiary/aromatic N) is 2. The first-order valence-corrected chi connectivity index (χ1v) is 6.61. The van der Waals surface area contributed by atoms with E-state index in [1.54, 1.807) is 17.2 Å². The van der Waals surface area contributed by atoms with E-state index in [9.17, 15) is 4.79 Å². The van der Waals surface area contributed by atoms with Crippen molar-refractivity contribution < 1.29 is 9.53 Å². The number of piperidine rings is 1. The Kier molecular flexibility index (Phi) is 5.66. The number of aromatic amines is 1. The molecular formula is C13H24N4O2. The molecule has 0 unspecified atom stereocenters. The molecule has 1 amide bonds. The van der Waals surface area contributed by atoms with Crippen molar-refractivity contribution in [2.24, 2.45) is 0 Å². The summed E-state index contributed by atoms with van der Waals surface area (Å²) in [6, 6.07) is 1.69. The zero-order valence-corrected chi connectivity index (χ0v) is 12.0. The summed E-state index contributed by atoms with van der Waals surface area (Å²) in [6.07, 6.45) is 4.90. The number of hydrogen-bond acceptors (Lipinski definition) is 4. The molecule has 1 fully saturated rings. The Balaban J connectivity index is 0.000000250. The molecule has 1 aromatic heterocycles. The quantitative estimate of drug-likeness (QED) is 0.756.